The number of hydrogen-bond donors (Lipinski definition) is 2. The van der Waals surface area contributed by atoms with Crippen molar-refractivity contribution in [2.45, 2.75) is 19.3 Å². The number of carbonyl (C=O) groups is 1. The van der Waals surface area contributed by atoms with Gasteiger partial charge in [0.15, 0.2) is 0 Å². The molecule has 0 heterocycles. The van der Waals surface area contributed by atoms with Crippen molar-refractivity contribution in [2.75, 3.05) is 6.61 Å². The second-order valence-electron chi connectivity index (χ2n) is 5.20. The molecule has 2 aromatic rings. The van der Waals surface area contributed by atoms with Gasteiger partial charge in [0.05, 0.1) is 5.02 Å². The molecule has 0 aromatic heterocycles. The Morgan fingerprint density at radius 1 is 1.20 bits per heavy atom. The standard InChI is InChI=1S/C17H16O2.H3N3O3/c1-2-17(18)19-11-16-14-9-5-3-7-12(14)13-8-4-6-10-15(13)16;1-2-3(4)6-5/h3-10,16H,2,11H2,1H3;5H,1H2. The number of rotatable bonds is 4. The third-order valence-electron chi connectivity index (χ3n) is 3.83. The highest BCUT2D eigenvalue weighted by Gasteiger charge is 2.28. The van der Waals surface area contributed by atoms with Crippen LogP contribution in [0.1, 0.15) is 30.4 Å². The minimum atomic E-state index is -0.542. The Hall–Kier alpha value is -3.13. The molecule has 25 heavy (non-hydrogen) atoms. The van der Waals surface area contributed by atoms with Gasteiger partial charge < -0.3 is 14.9 Å². The van der Waals surface area contributed by atoms with E-state index in [1.165, 1.54) is 22.3 Å². The number of nitrogens with two attached hydrogens (primary N) is 1. The summed E-state index contributed by atoms with van der Waals surface area (Å²) in [6, 6.07) is 16.7. The molecule has 3 rings (SSSR count). The Balaban J connectivity index is 0.000000326. The van der Waals surface area contributed by atoms with Gasteiger partial charge in [0.2, 0.25) is 0 Å². The maximum atomic E-state index is 11.4. The Kier molecular flexibility index (Phi) is 6.30. The molecular formula is C17H19N3O5. The molecule has 0 spiro atoms. The molecule has 1 aliphatic rings. The Morgan fingerprint density at radius 2 is 1.72 bits per heavy atom. The van der Waals surface area contributed by atoms with Gasteiger partial charge >= 0.3 is 5.97 Å². The Labute approximate surface area is 144 Å². The van der Waals surface area contributed by atoms with E-state index in [1.807, 2.05) is 19.1 Å². The van der Waals surface area contributed by atoms with Crippen LogP contribution in [0.15, 0.2) is 53.8 Å². The number of benzene rings is 2. The molecule has 0 saturated carbocycles. The average molecular weight is 345 g/mol. The number of ether oxygens (including phenoxy) is 1. The molecule has 0 bridgehead atoms. The second kappa shape index (κ2) is 8.65. The smallest absolute Gasteiger partial charge is 0.305 e. The molecule has 0 fully saturated rings. The van der Waals surface area contributed by atoms with E-state index in [2.05, 4.69) is 52.5 Å². The normalized spacial score (nSPS) is 12.5. The minimum Gasteiger partial charge on any atom is -0.465 e. The van der Waals surface area contributed by atoms with Gasteiger partial charge in [-0.2, -0.15) is 5.84 Å². The van der Waals surface area contributed by atoms with Crippen LogP contribution in [-0.2, 0) is 14.5 Å². The first-order chi connectivity index (χ1) is 12.1. The minimum absolute atomic E-state index is 0.137. The van der Waals surface area contributed by atoms with Crippen LogP contribution in [0.25, 0.3) is 11.1 Å². The van der Waals surface area contributed by atoms with E-state index in [9.17, 15) is 10.0 Å². The maximum absolute atomic E-state index is 11.4. The van der Waals surface area contributed by atoms with Gasteiger partial charge in [-0.05, 0) is 22.3 Å². The van der Waals surface area contributed by atoms with Gasteiger partial charge in [0.1, 0.15) is 11.8 Å². The highest BCUT2D eigenvalue weighted by Crippen LogP contribution is 2.44. The third-order valence-corrected chi connectivity index (χ3v) is 3.83. The molecule has 8 heteroatoms. The molecule has 8 nitrogen and oxygen atoms in total. The molecule has 0 atom stereocenters. The van der Waals surface area contributed by atoms with Crippen molar-refractivity contribution in [1.82, 2.24) is 0 Å². The Morgan fingerprint density at radius 3 is 2.12 bits per heavy atom. The van der Waals surface area contributed by atoms with Crippen LogP contribution >= 0.6 is 0 Å². The van der Waals surface area contributed by atoms with E-state index in [1.54, 1.807) is 0 Å². The summed E-state index contributed by atoms with van der Waals surface area (Å²) in [6.07, 6.45) is 0.427. The first-order valence-electron chi connectivity index (χ1n) is 7.65. The fraction of sp³-hybridized carbons (Fsp3) is 0.235. The summed E-state index contributed by atoms with van der Waals surface area (Å²) in [6.45, 7) is 2.25. The van der Waals surface area contributed by atoms with Crippen LogP contribution in [0.4, 0.5) is 0 Å². The molecule has 3 N–H and O–H groups in total. The Bertz CT molecular complexity index is 718. The lowest BCUT2D eigenvalue weighted by Gasteiger charge is -2.13. The van der Waals surface area contributed by atoms with Crippen molar-refractivity contribution in [2.24, 2.45) is 11.1 Å². The molecule has 0 saturated heterocycles. The summed E-state index contributed by atoms with van der Waals surface area (Å²) in [5, 5.41) is 18.4. The average Bonchev–Trinajstić information content (AvgIpc) is 3.00. The fourth-order valence-corrected chi connectivity index (χ4v) is 2.74. The predicted octanol–water partition coefficient (Wildman–Crippen LogP) is 2.98. The monoisotopic (exact) mass is 345 g/mol. The number of fused-ring (bicyclic) bond motifs is 3. The fourth-order valence-electron chi connectivity index (χ4n) is 2.74. The largest absolute Gasteiger partial charge is 0.465 e. The number of hydrogen-bond acceptors (Lipinski definition) is 6. The lowest BCUT2D eigenvalue weighted by molar-refractivity contribution is -0.873. The van der Waals surface area contributed by atoms with Crippen LogP contribution < -0.4 is 5.84 Å². The molecule has 1 aliphatic carbocycles. The van der Waals surface area contributed by atoms with Crippen molar-refractivity contribution < 1.29 is 24.8 Å². The SMILES string of the molecule is CCC(=O)OCC1c2ccccc2-c2ccccc21.NN=[N+]([O-])OO. The van der Waals surface area contributed by atoms with Crippen molar-refractivity contribution >= 4 is 5.97 Å². The van der Waals surface area contributed by atoms with Crippen molar-refractivity contribution in [3.63, 3.8) is 0 Å². The third kappa shape index (κ3) is 4.24. The quantitative estimate of drug-likeness (QED) is 0.289. The lowest BCUT2D eigenvalue weighted by Crippen LogP contribution is -2.11. The second-order valence-corrected chi connectivity index (χ2v) is 5.20. The number of carbonyl (C=O) groups excluding carboxylic acids is 1. The number of nitrogens with zero attached hydrogens (tertiary/aromatic N) is 2. The number of esters is 1. The topological polar surface area (TPSA) is 120 Å². The van der Waals surface area contributed by atoms with Crippen LogP contribution in [0.5, 0.6) is 0 Å². The first kappa shape index (κ1) is 18.2. The van der Waals surface area contributed by atoms with Crippen molar-refractivity contribution in [3.8, 4) is 11.1 Å². The molecular weight excluding hydrogens is 326 g/mol. The predicted molar refractivity (Wildman–Crippen MR) is 88.9 cm³/mol. The molecule has 0 unspecified atom stereocenters. The first-order valence-corrected chi connectivity index (χ1v) is 7.65. The summed E-state index contributed by atoms with van der Waals surface area (Å²) in [5.74, 6) is 4.27. The van der Waals surface area contributed by atoms with Crippen molar-refractivity contribution in [3.05, 3.63) is 64.9 Å². The van der Waals surface area contributed by atoms with E-state index in [0.717, 1.165) is 0 Å². The zero-order valence-corrected chi connectivity index (χ0v) is 13.7. The van der Waals surface area contributed by atoms with Gasteiger partial charge in [0.25, 0.3) is 0 Å². The zero-order valence-electron chi connectivity index (χ0n) is 13.7. The summed E-state index contributed by atoms with van der Waals surface area (Å²) in [7, 11) is 0. The summed E-state index contributed by atoms with van der Waals surface area (Å²) < 4.78 is 5.35. The van der Waals surface area contributed by atoms with Crippen molar-refractivity contribution in [1.29, 1.82) is 0 Å². The van der Waals surface area contributed by atoms with Crippen LogP contribution in [0.3, 0.4) is 0 Å². The van der Waals surface area contributed by atoms with Crippen LogP contribution in [-0.4, -0.2) is 22.9 Å². The highest BCUT2D eigenvalue weighted by atomic mass is 17.2. The summed E-state index contributed by atoms with van der Waals surface area (Å²) in [5.41, 5.74) is 5.03. The van der Waals surface area contributed by atoms with Gasteiger partial charge in [0, 0.05) is 12.3 Å². The van der Waals surface area contributed by atoms with E-state index in [4.69, 9.17) is 9.99 Å². The van der Waals surface area contributed by atoms with Gasteiger partial charge in [-0.25, -0.2) is 0 Å². The molecule has 0 aliphatic heterocycles. The van der Waals surface area contributed by atoms with Crippen LogP contribution in [0.2, 0.25) is 0 Å². The van der Waals surface area contributed by atoms with Gasteiger partial charge in [-0.15, -0.1) is 0 Å². The molecule has 132 valence electrons. The van der Waals surface area contributed by atoms with E-state index < -0.39 is 5.02 Å². The van der Waals surface area contributed by atoms with E-state index in [0.29, 0.717) is 13.0 Å². The molecule has 0 amide bonds. The van der Waals surface area contributed by atoms with E-state index in [-0.39, 0.29) is 11.9 Å². The van der Waals surface area contributed by atoms with Gasteiger partial charge in [-0.1, -0.05) is 55.5 Å². The zero-order chi connectivity index (χ0) is 18.2. The highest BCUT2D eigenvalue weighted by molar-refractivity contribution is 5.79. The summed E-state index contributed by atoms with van der Waals surface area (Å²) >= 11 is 0. The van der Waals surface area contributed by atoms with Gasteiger partial charge in [-0.3, -0.25) is 10.1 Å². The molecule has 0 radical (unpaired) electrons. The van der Waals surface area contributed by atoms with E-state index >= 15 is 0 Å². The molecule has 2 aromatic carbocycles. The maximum Gasteiger partial charge on any atom is 0.305 e. The summed E-state index contributed by atoms with van der Waals surface area (Å²) in [4.78, 5) is 14.3. The lowest BCUT2D eigenvalue weighted by atomic mass is 9.98. The van der Waals surface area contributed by atoms with Crippen LogP contribution in [0, 0.1) is 5.21 Å².